The Morgan fingerprint density at radius 1 is 0.973 bits per heavy atom. The Morgan fingerprint density at radius 2 is 1.68 bits per heavy atom. The van der Waals surface area contributed by atoms with Crippen molar-refractivity contribution in [3.63, 3.8) is 0 Å². The molecule has 6 nitrogen and oxygen atoms in total. The third kappa shape index (κ3) is 6.73. The highest BCUT2D eigenvalue weighted by atomic mass is 16.2. The van der Waals surface area contributed by atoms with Gasteiger partial charge in [-0.25, -0.2) is 0 Å². The van der Waals surface area contributed by atoms with Gasteiger partial charge in [0.1, 0.15) is 0 Å². The van der Waals surface area contributed by atoms with Crippen LogP contribution in [0.5, 0.6) is 0 Å². The van der Waals surface area contributed by atoms with Gasteiger partial charge in [0.15, 0.2) is 0 Å². The first-order valence-electron chi connectivity index (χ1n) is 13.7. The Morgan fingerprint density at radius 3 is 2.35 bits per heavy atom. The van der Waals surface area contributed by atoms with Crippen molar-refractivity contribution < 1.29 is 9.59 Å². The number of hydrogen-bond donors (Lipinski definition) is 1. The monoisotopic (exact) mass is 502 g/mol. The molecule has 4 rings (SSSR count). The van der Waals surface area contributed by atoms with Gasteiger partial charge in [-0.05, 0) is 62.4 Å². The summed E-state index contributed by atoms with van der Waals surface area (Å²) >= 11 is 0. The van der Waals surface area contributed by atoms with Crippen LogP contribution in [-0.2, 0) is 22.6 Å². The lowest BCUT2D eigenvalue weighted by Crippen LogP contribution is -2.48. The second-order valence-corrected chi connectivity index (χ2v) is 10.9. The SMILES string of the molecule is CC(C)N(CC(=O)N(CCc1c[nH]c2ccccc12)Cc1ccc(N(C)C)cc1)C(=O)C1CCCCC1. The standard InChI is InChI=1S/C31H42N4O2/c1-23(2)35(31(37)25-10-6-5-7-11-25)22-30(36)34(21-24-14-16-27(17-15-24)33(3)4)19-18-26-20-32-29-13-9-8-12-28(26)29/h8-9,12-17,20,23,25,32H,5-7,10-11,18-19,21-22H2,1-4H3. The molecule has 1 N–H and O–H groups in total. The normalized spacial score (nSPS) is 14.2. The lowest BCUT2D eigenvalue weighted by molar-refractivity contribution is -0.145. The van der Waals surface area contributed by atoms with Crippen molar-refractivity contribution in [1.82, 2.24) is 14.8 Å². The fourth-order valence-corrected chi connectivity index (χ4v) is 5.35. The zero-order valence-corrected chi connectivity index (χ0v) is 22.9. The zero-order chi connectivity index (χ0) is 26.4. The summed E-state index contributed by atoms with van der Waals surface area (Å²) in [6.45, 7) is 5.29. The van der Waals surface area contributed by atoms with Crippen LogP contribution in [0.3, 0.4) is 0 Å². The quantitative estimate of drug-likeness (QED) is 0.391. The van der Waals surface area contributed by atoms with Crippen LogP contribution in [0, 0.1) is 5.92 Å². The van der Waals surface area contributed by atoms with Gasteiger partial charge >= 0.3 is 0 Å². The average molecular weight is 503 g/mol. The molecule has 0 spiro atoms. The predicted molar refractivity (Wildman–Crippen MR) is 152 cm³/mol. The van der Waals surface area contributed by atoms with E-state index in [0.29, 0.717) is 13.1 Å². The number of H-pyrrole nitrogens is 1. The minimum Gasteiger partial charge on any atom is -0.378 e. The fraction of sp³-hybridized carbons (Fsp3) is 0.484. The second-order valence-electron chi connectivity index (χ2n) is 10.9. The van der Waals surface area contributed by atoms with Gasteiger partial charge in [-0.2, -0.15) is 0 Å². The van der Waals surface area contributed by atoms with Gasteiger partial charge in [-0.3, -0.25) is 9.59 Å². The molecule has 2 aromatic carbocycles. The average Bonchev–Trinajstić information content (AvgIpc) is 3.32. The molecule has 3 aromatic rings. The highest BCUT2D eigenvalue weighted by Crippen LogP contribution is 2.26. The van der Waals surface area contributed by atoms with Crippen molar-refractivity contribution in [2.45, 2.75) is 65.0 Å². The summed E-state index contributed by atoms with van der Waals surface area (Å²) in [7, 11) is 4.05. The van der Waals surface area contributed by atoms with Crippen LogP contribution in [0.15, 0.2) is 54.7 Å². The zero-order valence-electron chi connectivity index (χ0n) is 22.9. The number of rotatable bonds is 10. The van der Waals surface area contributed by atoms with Crippen LogP contribution >= 0.6 is 0 Å². The number of aromatic amines is 1. The van der Waals surface area contributed by atoms with E-state index in [1.807, 2.05) is 56.1 Å². The van der Waals surface area contributed by atoms with E-state index in [4.69, 9.17) is 0 Å². The molecule has 1 aliphatic carbocycles. The molecule has 1 aliphatic rings. The Balaban J connectivity index is 1.51. The molecule has 0 radical (unpaired) electrons. The largest absolute Gasteiger partial charge is 0.378 e. The van der Waals surface area contributed by atoms with Crippen molar-refractivity contribution in [3.05, 3.63) is 65.9 Å². The molecule has 0 atom stereocenters. The van der Waals surface area contributed by atoms with Crippen molar-refractivity contribution in [2.75, 3.05) is 32.1 Å². The second kappa shape index (κ2) is 12.3. The van der Waals surface area contributed by atoms with Crippen LogP contribution in [0.4, 0.5) is 5.69 Å². The number of nitrogens with one attached hydrogen (secondary N) is 1. The fourth-order valence-electron chi connectivity index (χ4n) is 5.35. The van der Waals surface area contributed by atoms with E-state index >= 15 is 0 Å². The molecule has 1 heterocycles. The van der Waals surface area contributed by atoms with Crippen LogP contribution in [0.1, 0.15) is 57.1 Å². The predicted octanol–water partition coefficient (Wildman–Crippen LogP) is 5.62. The van der Waals surface area contributed by atoms with Gasteiger partial charge in [-0.1, -0.05) is 49.6 Å². The molecule has 6 heteroatoms. The first kappa shape index (κ1) is 26.8. The molecule has 0 bridgehead atoms. The molecule has 0 saturated heterocycles. The number of carbonyl (C=O) groups excluding carboxylic acids is 2. The summed E-state index contributed by atoms with van der Waals surface area (Å²) in [4.78, 5) is 36.3. The minimum absolute atomic E-state index is 0.00628. The van der Waals surface area contributed by atoms with E-state index in [1.54, 1.807) is 0 Å². The molecule has 1 aromatic heterocycles. The summed E-state index contributed by atoms with van der Waals surface area (Å²) in [5.74, 6) is 0.214. The van der Waals surface area contributed by atoms with Crippen LogP contribution in [0.2, 0.25) is 0 Å². The van der Waals surface area contributed by atoms with Crippen LogP contribution in [-0.4, -0.2) is 59.8 Å². The maximum absolute atomic E-state index is 13.8. The third-order valence-corrected chi connectivity index (χ3v) is 7.67. The highest BCUT2D eigenvalue weighted by molar-refractivity contribution is 5.86. The number of para-hydroxylation sites is 1. The first-order valence-corrected chi connectivity index (χ1v) is 13.7. The molecule has 0 unspecified atom stereocenters. The Bertz CT molecular complexity index is 1180. The van der Waals surface area contributed by atoms with Crippen molar-refractivity contribution >= 4 is 28.4 Å². The number of hydrogen-bond acceptors (Lipinski definition) is 3. The summed E-state index contributed by atoms with van der Waals surface area (Å²) in [6.07, 6.45) is 8.11. The molecular formula is C31H42N4O2. The maximum Gasteiger partial charge on any atom is 0.242 e. The number of carbonyl (C=O) groups is 2. The van der Waals surface area contributed by atoms with E-state index in [9.17, 15) is 9.59 Å². The van der Waals surface area contributed by atoms with E-state index in [-0.39, 0.29) is 30.3 Å². The Kier molecular flexibility index (Phi) is 8.91. The number of aromatic nitrogens is 1. The topological polar surface area (TPSA) is 59.7 Å². The number of amides is 2. The lowest BCUT2D eigenvalue weighted by atomic mass is 9.88. The summed E-state index contributed by atoms with van der Waals surface area (Å²) in [5, 5.41) is 1.20. The number of nitrogens with zero attached hydrogens (tertiary/aromatic N) is 3. The summed E-state index contributed by atoms with van der Waals surface area (Å²) in [5.41, 5.74) is 4.53. The molecule has 37 heavy (non-hydrogen) atoms. The van der Waals surface area contributed by atoms with Gasteiger partial charge in [-0.15, -0.1) is 0 Å². The van der Waals surface area contributed by atoms with Gasteiger partial charge in [0.05, 0.1) is 6.54 Å². The molecule has 0 aliphatic heterocycles. The van der Waals surface area contributed by atoms with Crippen molar-refractivity contribution in [2.24, 2.45) is 5.92 Å². The molecule has 1 saturated carbocycles. The molecule has 198 valence electrons. The van der Waals surface area contributed by atoms with Gasteiger partial charge in [0.25, 0.3) is 0 Å². The smallest absolute Gasteiger partial charge is 0.242 e. The Hall–Kier alpha value is -3.28. The third-order valence-electron chi connectivity index (χ3n) is 7.67. The molecule has 1 fully saturated rings. The summed E-state index contributed by atoms with van der Waals surface area (Å²) < 4.78 is 0. The van der Waals surface area contributed by atoms with Crippen molar-refractivity contribution in [3.8, 4) is 0 Å². The summed E-state index contributed by atoms with van der Waals surface area (Å²) in [6, 6.07) is 16.6. The molecular weight excluding hydrogens is 460 g/mol. The lowest BCUT2D eigenvalue weighted by Gasteiger charge is -2.33. The van der Waals surface area contributed by atoms with Crippen molar-refractivity contribution in [1.29, 1.82) is 0 Å². The number of fused-ring (bicyclic) bond motifs is 1. The van der Waals surface area contributed by atoms with Gasteiger partial charge < -0.3 is 19.7 Å². The van der Waals surface area contributed by atoms with E-state index in [2.05, 4.69) is 46.3 Å². The number of benzene rings is 2. The van der Waals surface area contributed by atoms with E-state index in [0.717, 1.165) is 48.9 Å². The van der Waals surface area contributed by atoms with E-state index < -0.39 is 0 Å². The van der Waals surface area contributed by atoms with E-state index in [1.165, 1.54) is 17.4 Å². The minimum atomic E-state index is -0.00628. The molecule has 2 amide bonds. The van der Waals surface area contributed by atoms with Gasteiger partial charge in [0, 0.05) is 61.9 Å². The van der Waals surface area contributed by atoms with Gasteiger partial charge in [0.2, 0.25) is 11.8 Å². The maximum atomic E-state index is 13.8. The number of anilines is 1. The van der Waals surface area contributed by atoms with Crippen LogP contribution < -0.4 is 4.90 Å². The Labute approximate surface area is 221 Å². The highest BCUT2D eigenvalue weighted by Gasteiger charge is 2.30. The first-order chi connectivity index (χ1) is 17.8. The van der Waals surface area contributed by atoms with Crippen LogP contribution in [0.25, 0.3) is 10.9 Å².